The second kappa shape index (κ2) is 8.33. The number of benzene rings is 2. The largest absolute Gasteiger partial charge is 0.450 e. The molecular weight excluding hydrogens is 294 g/mol. The van der Waals surface area contributed by atoms with Crippen molar-refractivity contribution in [3.63, 3.8) is 0 Å². The Hall–Kier alpha value is -3.15. The molecule has 6 heteroatoms. The van der Waals surface area contributed by atoms with Gasteiger partial charge in [0.1, 0.15) is 5.84 Å². The zero-order valence-corrected chi connectivity index (χ0v) is 12.7. The van der Waals surface area contributed by atoms with E-state index in [9.17, 15) is 9.59 Å². The number of hydrogen-bond acceptors (Lipinski definition) is 4. The molecule has 0 aliphatic heterocycles. The van der Waals surface area contributed by atoms with Crippen molar-refractivity contribution in [1.29, 1.82) is 0 Å². The fourth-order valence-corrected chi connectivity index (χ4v) is 1.79. The number of alkyl carbamates (subject to hydrolysis) is 1. The predicted molar refractivity (Wildman–Crippen MR) is 87.8 cm³/mol. The van der Waals surface area contributed by atoms with E-state index in [4.69, 9.17) is 0 Å². The third kappa shape index (κ3) is 5.28. The number of aliphatic imine (C=N–C) groups is 1. The maximum absolute atomic E-state index is 11.9. The molecular formula is C17H17N3O3. The molecule has 0 bridgehead atoms. The Labute approximate surface area is 134 Å². The van der Waals surface area contributed by atoms with E-state index >= 15 is 0 Å². The number of imide groups is 1. The highest BCUT2D eigenvalue weighted by Crippen LogP contribution is 2.12. The molecule has 6 nitrogen and oxygen atoms in total. The van der Waals surface area contributed by atoms with Gasteiger partial charge < -0.3 is 4.74 Å². The van der Waals surface area contributed by atoms with Crippen LogP contribution in [0.3, 0.4) is 0 Å². The highest BCUT2D eigenvalue weighted by molar-refractivity contribution is 6.10. The molecule has 0 heterocycles. The van der Waals surface area contributed by atoms with Gasteiger partial charge in [-0.1, -0.05) is 48.5 Å². The Morgan fingerprint density at radius 3 is 2.17 bits per heavy atom. The van der Waals surface area contributed by atoms with Gasteiger partial charge in [0.05, 0.1) is 12.3 Å². The lowest BCUT2D eigenvalue weighted by Crippen LogP contribution is -2.43. The van der Waals surface area contributed by atoms with Crippen LogP contribution in [0.15, 0.2) is 65.7 Å². The van der Waals surface area contributed by atoms with E-state index in [1.165, 1.54) is 0 Å². The summed E-state index contributed by atoms with van der Waals surface area (Å²) in [5.74, 6) is 0.332. The third-order valence-corrected chi connectivity index (χ3v) is 2.77. The van der Waals surface area contributed by atoms with E-state index in [1.807, 2.05) is 60.7 Å². The third-order valence-electron chi connectivity index (χ3n) is 2.77. The van der Waals surface area contributed by atoms with E-state index in [2.05, 4.69) is 20.4 Å². The number of amidine groups is 1. The molecule has 2 aromatic carbocycles. The summed E-state index contributed by atoms with van der Waals surface area (Å²) in [6.45, 7) is 1.84. The molecule has 0 aromatic heterocycles. The fourth-order valence-electron chi connectivity index (χ4n) is 1.79. The summed E-state index contributed by atoms with van der Waals surface area (Å²) in [4.78, 5) is 27.6. The standard InChI is InChI=1S/C17H17N3O3/c1-2-23-17(22)20-16(21)19-15(13-9-5-3-6-10-13)18-14-11-7-4-8-12-14/h3-12H,2H2,1H3,(H2,18,19,20,21,22). The van der Waals surface area contributed by atoms with Crippen molar-refractivity contribution in [3.8, 4) is 0 Å². The van der Waals surface area contributed by atoms with Crippen molar-refractivity contribution in [3.05, 3.63) is 66.2 Å². The maximum Gasteiger partial charge on any atom is 0.415 e. The number of carbonyl (C=O) groups is 2. The summed E-state index contributed by atoms with van der Waals surface area (Å²) in [6, 6.07) is 17.6. The maximum atomic E-state index is 11.9. The van der Waals surface area contributed by atoms with Gasteiger partial charge in [-0.15, -0.1) is 0 Å². The minimum Gasteiger partial charge on any atom is -0.450 e. The molecule has 2 rings (SSSR count). The Bertz CT molecular complexity index is 685. The summed E-state index contributed by atoms with van der Waals surface area (Å²) in [6.07, 6.45) is -0.808. The van der Waals surface area contributed by atoms with Crippen LogP contribution in [0.2, 0.25) is 0 Å². The van der Waals surface area contributed by atoms with Crippen molar-refractivity contribution < 1.29 is 14.3 Å². The summed E-state index contributed by atoms with van der Waals surface area (Å²) < 4.78 is 4.67. The Kier molecular flexibility index (Phi) is 5.88. The van der Waals surface area contributed by atoms with Crippen LogP contribution in [0.1, 0.15) is 12.5 Å². The van der Waals surface area contributed by atoms with Gasteiger partial charge in [-0.2, -0.15) is 0 Å². The van der Waals surface area contributed by atoms with Gasteiger partial charge in [0.25, 0.3) is 0 Å². The molecule has 0 unspecified atom stereocenters. The SMILES string of the molecule is CCOC(=O)NC(=O)NC(=Nc1ccccc1)c1ccccc1. The normalized spacial score (nSPS) is 10.7. The molecule has 0 spiro atoms. The summed E-state index contributed by atoms with van der Waals surface area (Å²) in [5, 5.41) is 4.65. The topological polar surface area (TPSA) is 79.8 Å². The Morgan fingerprint density at radius 2 is 1.57 bits per heavy atom. The lowest BCUT2D eigenvalue weighted by molar-refractivity contribution is 0.153. The smallest absolute Gasteiger partial charge is 0.415 e. The number of nitrogens with zero attached hydrogens (tertiary/aromatic N) is 1. The molecule has 118 valence electrons. The number of urea groups is 1. The van der Waals surface area contributed by atoms with Crippen LogP contribution in [0.5, 0.6) is 0 Å². The number of ether oxygens (including phenoxy) is 1. The van der Waals surface area contributed by atoms with E-state index in [0.717, 1.165) is 5.56 Å². The zero-order valence-electron chi connectivity index (χ0n) is 12.7. The van der Waals surface area contributed by atoms with Gasteiger partial charge in [-0.3, -0.25) is 5.32 Å². The minimum absolute atomic E-state index is 0.183. The summed E-state index contributed by atoms with van der Waals surface area (Å²) in [5.41, 5.74) is 1.40. The second-order valence-electron chi connectivity index (χ2n) is 4.46. The van der Waals surface area contributed by atoms with Gasteiger partial charge in [-0.25, -0.2) is 19.9 Å². The summed E-state index contributed by atoms with van der Waals surface area (Å²) in [7, 11) is 0. The van der Waals surface area contributed by atoms with Gasteiger partial charge in [0.15, 0.2) is 0 Å². The molecule has 2 N–H and O–H groups in total. The molecule has 0 saturated carbocycles. The van der Waals surface area contributed by atoms with E-state index in [0.29, 0.717) is 11.5 Å². The van der Waals surface area contributed by atoms with Crippen molar-refractivity contribution in [1.82, 2.24) is 10.6 Å². The van der Waals surface area contributed by atoms with Crippen molar-refractivity contribution in [2.45, 2.75) is 6.92 Å². The van der Waals surface area contributed by atoms with Crippen LogP contribution in [0.4, 0.5) is 15.3 Å². The molecule has 3 amide bonds. The van der Waals surface area contributed by atoms with Crippen LogP contribution in [0.25, 0.3) is 0 Å². The molecule has 23 heavy (non-hydrogen) atoms. The zero-order chi connectivity index (χ0) is 16.5. The molecule has 0 aliphatic rings. The average molecular weight is 311 g/mol. The van der Waals surface area contributed by atoms with Crippen LogP contribution < -0.4 is 10.6 Å². The fraction of sp³-hybridized carbons (Fsp3) is 0.118. The van der Waals surface area contributed by atoms with Gasteiger partial charge in [-0.05, 0) is 19.1 Å². The van der Waals surface area contributed by atoms with Gasteiger partial charge in [0, 0.05) is 5.56 Å². The quantitative estimate of drug-likeness (QED) is 0.674. The van der Waals surface area contributed by atoms with E-state index in [-0.39, 0.29) is 6.61 Å². The first kappa shape index (κ1) is 16.2. The van der Waals surface area contributed by atoms with Crippen LogP contribution in [-0.2, 0) is 4.74 Å². The lowest BCUT2D eigenvalue weighted by atomic mass is 10.2. The average Bonchev–Trinajstić information content (AvgIpc) is 2.56. The molecule has 0 aliphatic carbocycles. The Morgan fingerprint density at radius 1 is 0.957 bits per heavy atom. The Balaban J connectivity index is 2.20. The highest BCUT2D eigenvalue weighted by atomic mass is 16.5. The first-order valence-corrected chi connectivity index (χ1v) is 7.13. The van der Waals surface area contributed by atoms with E-state index < -0.39 is 12.1 Å². The van der Waals surface area contributed by atoms with Gasteiger partial charge in [0.2, 0.25) is 0 Å². The van der Waals surface area contributed by atoms with Gasteiger partial charge >= 0.3 is 12.1 Å². The van der Waals surface area contributed by atoms with Crippen molar-refractivity contribution in [2.24, 2.45) is 4.99 Å². The number of rotatable bonds is 3. The first-order valence-electron chi connectivity index (χ1n) is 7.13. The minimum atomic E-state index is -0.808. The number of nitrogens with one attached hydrogen (secondary N) is 2. The molecule has 0 saturated heterocycles. The van der Waals surface area contributed by atoms with Crippen molar-refractivity contribution >= 4 is 23.6 Å². The molecule has 2 aromatic rings. The number of amides is 3. The van der Waals surface area contributed by atoms with Crippen molar-refractivity contribution in [2.75, 3.05) is 6.61 Å². The van der Waals surface area contributed by atoms with E-state index in [1.54, 1.807) is 6.92 Å². The first-order chi connectivity index (χ1) is 11.2. The number of hydrogen-bond donors (Lipinski definition) is 2. The monoisotopic (exact) mass is 311 g/mol. The number of para-hydroxylation sites is 1. The molecule has 0 atom stereocenters. The predicted octanol–water partition coefficient (Wildman–Crippen LogP) is 3.22. The van der Waals surface area contributed by atoms with Crippen LogP contribution in [0, 0.1) is 0 Å². The highest BCUT2D eigenvalue weighted by Gasteiger charge is 2.12. The van der Waals surface area contributed by atoms with Crippen LogP contribution in [-0.4, -0.2) is 24.6 Å². The second-order valence-corrected chi connectivity index (χ2v) is 4.46. The lowest BCUT2D eigenvalue weighted by Gasteiger charge is -2.10. The number of carbonyl (C=O) groups excluding carboxylic acids is 2. The summed E-state index contributed by atoms with van der Waals surface area (Å²) >= 11 is 0. The molecule has 0 radical (unpaired) electrons. The molecule has 0 fully saturated rings. The van der Waals surface area contributed by atoms with Crippen LogP contribution >= 0.6 is 0 Å².